The number of aryl methyl sites for hydroxylation is 2. The molecule has 0 aliphatic heterocycles. The van der Waals surface area contributed by atoms with Crippen LogP contribution in [0, 0.1) is 13.8 Å². The molecule has 25 heavy (non-hydrogen) atoms. The molecule has 2 aromatic carbocycles. The number of ether oxygens (including phenoxy) is 1. The SMILES string of the molecule is CC[C@H](Oc1cccc(Cl)c1)C(=O)N[C@H](CC)c1ccc(C)c(C)c1. The zero-order valence-electron chi connectivity index (χ0n) is 15.3. The molecule has 0 saturated carbocycles. The fourth-order valence-electron chi connectivity index (χ4n) is 2.69. The first-order valence-corrected chi connectivity index (χ1v) is 9.12. The average molecular weight is 360 g/mol. The minimum absolute atomic E-state index is 0.0242. The highest BCUT2D eigenvalue weighted by Gasteiger charge is 2.22. The summed E-state index contributed by atoms with van der Waals surface area (Å²) in [5.41, 5.74) is 3.60. The molecule has 2 aromatic rings. The molecule has 0 heterocycles. The second kappa shape index (κ2) is 8.91. The van der Waals surface area contributed by atoms with Gasteiger partial charge in [0, 0.05) is 5.02 Å². The van der Waals surface area contributed by atoms with Crippen LogP contribution in [0.25, 0.3) is 0 Å². The molecule has 0 unspecified atom stereocenters. The van der Waals surface area contributed by atoms with Gasteiger partial charge in [0.15, 0.2) is 6.10 Å². The Bertz CT molecular complexity index is 730. The number of nitrogens with one attached hydrogen (secondary N) is 1. The summed E-state index contributed by atoms with van der Waals surface area (Å²) in [5.74, 6) is 0.501. The van der Waals surface area contributed by atoms with Gasteiger partial charge in [0.25, 0.3) is 5.91 Å². The van der Waals surface area contributed by atoms with Crippen LogP contribution in [-0.2, 0) is 4.79 Å². The van der Waals surface area contributed by atoms with Gasteiger partial charge < -0.3 is 10.1 Å². The monoisotopic (exact) mass is 359 g/mol. The number of benzene rings is 2. The van der Waals surface area contributed by atoms with Gasteiger partial charge in [0.2, 0.25) is 0 Å². The number of hydrogen-bond acceptors (Lipinski definition) is 2. The molecule has 0 fully saturated rings. The van der Waals surface area contributed by atoms with Gasteiger partial charge in [-0.05, 0) is 61.6 Å². The van der Waals surface area contributed by atoms with Crippen LogP contribution >= 0.6 is 11.6 Å². The molecular weight excluding hydrogens is 334 g/mol. The lowest BCUT2D eigenvalue weighted by atomic mass is 9.99. The summed E-state index contributed by atoms with van der Waals surface area (Å²) in [4.78, 5) is 12.7. The van der Waals surface area contributed by atoms with E-state index in [9.17, 15) is 4.79 Å². The van der Waals surface area contributed by atoms with Gasteiger partial charge >= 0.3 is 0 Å². The number of halogens is 1. The molecule has 0 saturated heterocycles. The number of carbonyl (C=O) groups is 1. The highest BCUT2D eigenvalue weighted by atomic mass is 35.5. The topological polar surface area (TPSA) is 38.3 Å². The number of rotatable bonds is 7. The van der Waals surface area contributed by atoms with E-state index in [1.165, 1.54) is 11.1 Å². The van der Waals surface area contributed by atoms with Crippen LogP contribution in [0.4, 0.5) is 0 Å². The van der Waals surface area contributed by atoms with Crippen LogP contribution in [0.1, 0.15) is 49.4 Å². The first-order valence-electron chi connectivity index (χ1n) is 8.74. The Morgan fingerprint density at radius 1 is 1.08 bits per heavy atom. The zero-order valence-corrected chi connectivity index (χ0v) is 16.1. The van der Waals surface area contributed by atoms with E-state index in [4.69, 9.17) is 16.3 Å². The highest BCUT2D eigenvalue weighted by Crippen LogP contribution is 2.22. The number of amides is 1. The van der Waals surface area contributed by atoms with Gasteiger partial charge in [0.05, 0.1) is 6.04 Å². The molecule has 0 aliphatic rings. The molecular formula is C21H26ClNO2. The maximum absolute atomic E-state index is 12.7. The van der Waals surface area contributed by atoms with Crippen molar-refractivity contribution in [3.05, 3.63) is 64.2 Å². The van der Waals surface area contributed by atoms with E-state index in [0.29, 0.717) is 17.2 Å². The Morgan fingerprint density at radius 2 is 1.84 bits per heavy atom. The van der Waals surface area contributed by atoms with Crippen molar-refractivity contribution >= 4 is 17.5 Å². The number of hydrogen-bond donors (Lipinski definition) is 1. The van der Waals surface area contributed by atoms with Crippen LogP contribution in [0.5, 0.6) is 5.75 Å². The first kappa shape index (κ1) is 19.3. The predicted molar refractivity (Wildman–Crippen MR) is 103 cm³/mol. The quantitative estimate of drug-likeness (QED) is 0.720. The Labute approximate surface area is 155 Å². The van der Waals surface area contributed by atoms with Gasteiger partial charge in [-0.3, -0.25) is 4.79 Å². The van der Waals surface area contributed by atoms with Crippen molar-refractivity contribution in [2.75, 3.05) is 0 Å². The van der Waals surface area contributed by atoms with Crippen molar-refractivity contribution in [2.24, 2.45) is 0 Å². The second-order valence-electron chi connectivity index (χ2n) is 6.29. The molecule has 4 heteroatoms. The standard InChI is InChI=1S/C21H26ClNO2/c1-5-19(16-11-10-14(3)15(4)12-16)23-21(24)20(6-2)25-18-9-7-8-17(22)13-18/h7-13,19-20H,5-6H2,1-4H3,(H,23,24)/t19-,20+/m1/s1. The number of carbonyl (C=O) groups excluding carboxylic acids is 1. The van der Waals surface area contributed by atoms with Gasteiger partial charge in [-0.25, -0.2) is 0 Å². The van der Waals surface area contributed by atoms with E-state index in [-0.39, 0.29) is 11.9 Å². The summed E-state index contributed by atoms with van der Waals surface area (Å²) < 4.78 is 5.83. The molecule has 0 aliphatic carbocycles. The van der Waals surface area contributed by atoms with Crippen molar-refractivity contribution in [3.8, 4) is 5.75 Å². The van der Waals surface area contributed by atoms with Gasteiger partial charge in [-0.1, -0.05) is 49.7 Å². The third-order valence-corrected chi connectivity index (χ3v) is 4.63. The van der Waals surface area contributed by atoms with Crippen LogP contribution in [0.2, 0.25) is 5.02 Å². The maximum Gasteiger partial charge on any atom is 0.261 e. The fourth-order valence-corrected chi connectivity index (χ4v) is 2.87. The van der Waals surface area contributed by atoms with Crippen LogP contribution in [-0.4, -0.2) is 12.0 Å². The highest BCUT2D eigenvalue weighted by molar-refractivity contribution is 6.30. The Kier molecular flexibility index (Phi) is 6.89. The predicted octanol–water partition coefficient (Wildman–Crippen LogP) is 5.38. The molecule has 0 bridgehead atoms. The molecule has 1 amide bonds. The summed E-state index contributed by atoms with van der Waals surface area (Å²) in [6, 6.07) is 13.4. The summed E-state index contributed by atoms with van der Waals surface area (Å²) >= 11 is 5.98. The zero-order chi connectivity index (χ0) is 18.4. The Morgan fingerprint density at radius 3 is 2.44 bits per heavy atom. The van der Waals surface area contributed by atoms with E-state index >= 15 is 0 Å². The Hall–Kier alpha value is -2.00. The van der Waals surface area contributed by atoms with Gasteiger partial charge in [-0.2, -0.15) is 0 Å². The fraction of sp³-hybridized carbons (Fsp3) is 0.381. The molecule has 0 aromatic heterocycles. The molecule has 1 N–H and O–H groups in total. The summed E-state index contributed by atoms with van der Waals surface area (Å²) in [6.45, 7) is 8.18. The molecule has 2 atom stereocenters. The smallest absolute Gasteiger partial charge is 0.261 e. The van der Waals surface area contributed by atoms with Crippen molar-refractivity contribution in [2.45, 2.75) is 52.7 Å². The largest absolute Gasteiger partial charge is 0.481 e. The minimum atomic E-state index is -0.543. The molecule has 3 nitrogen and oxygen atoms in total. The van der Waals surface area contributed by atoms with E-state index in [1.54, 1.807) is 12.1 Å². The van der Waals surface area contributed by atoms with Crippen LogP contribution < -0.4 is 10.1 Å². The van der Waals surface area contributed by atoms with E-state index < -0.39 is 6.10 Å². The second-order valence-corrected chi connectivity index (χ2v) is 6.72. The third-order valence-electron chi connectivity index (χ3n) is 4.40. The summed E-state index contributed by atoms with van der Waals surface area (Å²) in [7, 11) is 0. The van der Waals surface area contributed by atoms with Crippen molar-refractivity contribution < 1.29 is 9.53 Å². The van der Waals surface area contributed by atoms with Crippen molar-refractivity contribution in [3.63, 3.8) is 0 Å². The molecule has 134 valence electrons. The summed E-state index contributed by atoms with van der Waals surface area (Å²) in [5, 5.41) is 3.71. The lowest BCUT2D eigenvalue weighted by molar-refractivity contribution is -0.128. The Balaban J connectivity index is 2.09. The molecule has 0 spiro atoms. The van der Waals surface area contributed by atoms with Crippen molar-refractivity contribution in [1.29, 1.82) is 0 Å². The maximum atomic E-state index is 12.7. The van der Waals surface area contributed by atoms with E-state index in [2.05, 4.69) is 44.3 Å². The van der Waals surface area contributed by atoms with Crippen LogP contribution in [0.15, 0.2) is 42.5 Å². The van der Waals surface area contributed by atoms with Crippen molar-refractivity contribution in [1.82, 2.24) is 5.32 Å². The third kappa shape index (κ3) is 5.23. The van der Waals surface area contributed by atoms with E-state index in [1.807, 2.05) is 19.1 Å². The van der Waals surface area contributed by atoms with Crippen LogP contribution in [0.3, 0.4) is 0 Å². The molecule has 2 rings (SSSR count). The van der Waals surface area contributed by atoms with Gasteiger partial charge in [-0.15, -0.1) is 0 Å². The van der Waals surface area contributed by atoms with Gasteiger partial charge in [0.1, 0.15) is 5.75 Å². The average Bonchev–Trinajstić information content (AvgIpc) is 2.60. The lowest BCUT2D eigenvalue weighted by Crippen LogP contribution is -2.40. The first-order chi connectivity index (χ1) is 11.9. The summed E-state index contributed by atoms with van der Waals surface area (Å²) in [6.07, 6.45) is 0.864. The minimum Gasteiger partial charge on any atom is -0.481 e. The van der Waals surface area contributed by atoms with E-state index in [0.717, 1.165) is 12.0 Å². The molecule has 0 radical (unpaired) electrons. The lowest BCUT2D eigenvalue weighted by Gasteiger charge is -2.23. The normalized spacial score (nSPS) is 13.2.